The number of hydrogen-bond acceptors (Lipinski definition) is 3. The van der Waals surface area contributed by atoms with Gasteiger partial charge < -0.3 is 10.6 Å². The number of primary amides is 1. The van der Waals surface area contributed by atoms with Gasteiger partial charge in [-0.15, -0.1) is 0 Å². The summed E-state index contributed by atoms with van der Waals surface area (Å²) in [5.74, 6) is -1.45. The molecule has 112 valence electrons. The minimum atomic E-state index is -0.872. The van der Waals surface area contributed by atoms with E-state index in [2.05, 4.69) is 11.8 Å². The summed E-state index contributed by atoms with van der Waals surface area (Å²) < 4.78 is 0. The standard InChI is InChI=1S/C16H21N3O2/c1-11-9-19(16(21)15(17)20)14(10-18(11)13-7-8-13)12-5-3-2-4-6-12/h2-6,11,13-14H,7-10H2,1H3,(H2,17,20)/t11-,14-/m1/s1. The Hall–Kier alpha value is -1.88. The van der Waals surface area contributed by atoms with Crippen LogP contribution in [0.25, 0.3) is 0 Å². The molecule has 2 fully saturated rings. The number of rotatable bonds is 2. The Kier molecular flexibility index (Phi) is 3.68. The van der Waals surface area contributed by atoms with Gasteiger partial charge in [-0.2, -0.15) is 0 Å². The summed E-state index contributed by atoms with van der Waals surface area (Å²) in [5, 5.41) is 0. The molecular weight excluding hydrogens is 266 g/mol. The summed E-state index contributed by atoms with van der Waals surface area (Å²) in [7, 11) is 0. The Morgan fingerprint density at radius 3 is 2.38 bits per heavy atom. The van der Waals surface area contributed by atoms with E-state index in [4.69, 9.17) is 5.73 Å². The van der Waals surface area contributed by atoms with E-state index in [1.807, 2.05) is 30.3 Å². The molecule has 1 aromatic carbocycles. The van der Waals surface area contributed by atoms with Gasteiger partial charge in [-0.05, 0) is 25.3 Å². The largest absolute Gasteiger partial charge is 0.361 e. The second kappa shape index (κ2) is 5.48. The van der Waals surface area contributed by atoms with Crippen LogP contribution >= 0.6 is 0 Å². The maximum Gasteiger partial charge on any atom is 0.312 e. The number of hydrogen-bond donors (Lipinski definition) is 1. The van der Waals surface area contributed by atoms with Crippen molar-refractivity contribution in [2.24, 2.45) is 5.73 Å². The van der Waals surface area contributed by atoms with E-state index in [0.717, 1.165) is 12.1 Å². The van der Waals surface area contributed by atoms with Crippen LogP contribution in [-0.2, 0) is 9.59 Å². The number of carbonyl (C=O) groups excluding carboxylic acids is 2. The summed E-state index contributed by atoms with van der Waals surface area (Å²) in [6, 6.07) is 10.7. The number of carbonyl (C=O) groups is 2. The predicted molar refractivity (Wildman–Crippen MR) is 79.3 cm³/mol. The first-order valence-electron chi connectivity index (χ1n) is 7.49. The van der Waals surface area contributed by atoms with Gasteiger partial charge in [0.25, 0.3) is 0 Å². The van der Waals surface area contributed by atoms with Gasteiger partial charge in [0.1, 0.15) is 0 Å². The fraction of sp³-hybridized carbons (Fsp3) is 0.500. The molecule has 3 rings (SSSR count). The monoisotopic (exact) mass is 287 g/mol. The van der Waals surface area contributed by atoms with E-state index < -0.39 is 11.8 Å². The smallest absolute Gasteiger partial charge is 0.312 e. The van der Waals surface area contributed by atoms with Crippen molar-refractivity contribution in [3.8, 4) is 0 Å². The molecule has 2 aliphatic rings. The molecule has 1 aliphatic heterocycles. The first kappa shape index (κ1) is 14.1. The quantitative estimate of drug-likeness (QED) is 0.822. The van der Waals surface area contributed by atoms with Crippen LogP contribution in [0.2, 0.25) is 0 Å². The van der Waals surface area contributed by atoms with E-state index in [-0.39, 0.29) is 12.1 Å². The average Bonchev–Trinajstić information content (AvgIpc) is 3.31. The molecule has 5 nitrogen and oxygen atoms in total. The van der Waals surface area contributed by atoms with Gasteiger partial charge in [0.2, 0.25) is 0 Å². The van der Waals surface area contributed by atoms with Crippen molar-refractivity contribution in [1.29, 1.82) is 0 Å². The van der Waals surface area contributed by atoms with E-state index in [9.17, 15) is 9.59 Å². The minimum absolute atomic E-state index is 0.0944. The molecule has 5 heteroatoms. The van der Waals surface area contributed by atoms with Gasteiger partial charge in [-0.25, -0.2) is 0 Å². The molecule has 21 heavy (non-hydrogen) atoms. The average molecular weight is 287 g/mol. The predicted octanol–water partition coefficient (Wildman–Crippen LogP) is 0.908. The second-order valence-electron chi connectivity index (χ2n) is 6.03. The molecule has 1 aliphatic carbocycles. The second-order valence-corrected chi connectivity index (χ2v) is 6.03. The highest BCUT2D eigenvalue weighted by atomic mass is 16.2. The maximum absolute atomic E-state index is 12.2. The SMILES string of the molecule is C[C@@H]1CN(C(=O)C(N)=O)[C@@H](c2ccccc2)CN1C1CC1. The van der Waals surface area contributed by atoms with Crippen LogP contribution < -0.4 is 5.73 Å². The lowest BCUT2D eigenvalue weighted by Crippen LogP contribution is -2.57. The van der Waals surface area contributed by atoms with Crippen LogP contribution in [-0.4, -0.2) is 46.8 Å². The van der Waals surface area contributed by atoms with Crippen LogP contribution in [0.3, 0.4) is 0 Å². The Bertz CT molecular complexity index is 542. The van der Waals surface area contributed by atoms with E-state index in [1.165, 1.54) is 12.8 Å². The zero-order valence-electron chi connectivity index (χ0n) is 12.2. The first-order valence-corrected chi connectivity index (χ1v) is 7.49. The minimum Gasteiger partial charge on any atom is -0.361 e. The lowest BCUT2D eigenvalue weighted by atomic mass is 9.99. The number of benzene rings is 1. The van der Waals surface area contributed by atoms with Crippen molar-refractivity contribution >= 4 is 11.8 Å². The van der Waals surface area contributed by atoms with Gasteiger partial charge in [-0.3, -0.25) is 14.5 Å². The third kappa shape index (κ3) is 2.78. The molecule has 2 atom stereocenters. The third-order valence-corrected chi connectivity index (χ3v) is 4.46. The zero-order valence-corrected chi connectivity index (χ0v) is 12.2. The summed E-state index contributed by atoms with van der Waals surface area (Å²) in [4.78, 5) is 27.6. The molecule has 1 aromatic rings. The lowest BCUT2D eigenvalue weighted by molar-refractivity contribution is -0.149. The maximum atomic E-state index is 12.2. The number of amides is 2. The van der Waals surface area contributed by atoms with E-state index >= 15 is 0 Å². The van der Waals surface area contributed by atoms with Crippen LogP contribution in [0.1, 0.15) is 31.4 Å². The highest BCUT2D eigenvalue weighted by Gasteiger charge is 2.42. The van der Waals surface area contributed by atoms with Crippen molar-refractivity contribution in [2.75, 3.05) is 13.1 Å². The molecule has 0 unspecified atom stereocenters. The van der Waals surface area contributed by atoms with Crippen LogP contribution in [0, 0.1) is 0 Å². The Morgan fingerprint density at radius 1 is 1.14 bits per heavy atom. The van der Waals surface area contributed by atoms with Crippen molar-refractivity contribution in [2.45, 2.75) is 37.9 Å². The van der Waals surface area contributed by atoms with Gasteiger partial charge in [0.05, 0.1) is 6.04 Å². The van der Waals surface area contributed by atoms with Gasteiger partial charge in [-0.1, -0.05) is 30.3 Å². The molecule has 1 heterocycles. The summed E-state index contributed by atoms with van der Waals surface area (Å²) in [6.45, 7) is 3.44. The van der Waals surface area contributed by atoms with Gasteiger partial charge >= 0.3 is 11.8 Å². The van der Waals surface area contributed by atoms with Crippen LogP contribution in [0.15, 0.2) is 30.3 Å². The van der Waals surface area contributed by atoms with Gasteiger partial charge in [0.15, 0.2) is 0 Å². The Morgan fingerprint density at radius 2 is 1.81 bits per heavy atom. The van der Waals surface area contributed by atoms with Crippen molar-refractivity contribution in [3.05, 3.63) is 35.9 Å². The molecule has 2 N–H and O–H groups in total. The number of nitrogens with two attached hydrogens (primary N) is 1. The highest BCUT2D eigenvalue weighted by Crippen LogP contribution is 2.35. The molecular formula is C16H21N3O2. The van der Waals surface area contributed by atoms with E-state index in [0.29, 0.717) is 12.6 Å². The van der Waals surface area contributed by atoms with E-state index in [1.54, 1.807) is 4.90 Å². The fourth-order valence-electron chi connectivity index (χ4n) is 3.24. The molecule has 0 bridgehead atoms. The molecule has 2 amide bonds. The zero-order chi connectivity index (χ0) is 15.0. The van der Waals surface area contributed by atoms with Crippen LogP contribution in [0.4, 0.5) is 0 Å². The van der Waals surface area contributed by atoms with Crippen molar-refractivity contribution in [3.63, 3.8) is 0 Å². The fourth-order valence-corrected chi connectivity index (χ4v) is 3.24. The lowest BCUT2D eigenvalue weighted by Gasteiger charge is -2.45. The highest BCUT2D eigenvalue weighted by molar-refractivity contribution is 6.34. The number of piperazine rings is 1. The molecule has 1 saturated carbocycles. The number of nitrogens with zero attached hydrogens (tertiary/aromatic N) is 2. The molecule has 1 saturated heterocycles. The Balaban J connectivity index is 1.89. The Labute approximate surface area is 124 Å². The van der Waals surface area contributed by atoms with Crippen molar-refractivity contribution < 1.29 is 9.59 Å². The van der Waals surface area contributed by atoms with Crippen LogP contribution in [0.5, 0.6) is 0 Å². The summed E-state index contributed by atoms with van der Waals surface area (Å²) in [5.41, 5.74) is 6.28. The van der Waals surface area contributed by atoms with Crippen molar-refractivity contribution in [1.82, 2.24) is 9.80 Å². The molecule has 0 radical (unpaired) electrons. The molecule has 0 spiro atoms. The summed E-state index contributed by atoms with van der Waals surface area (Å²) in [6.07, 6.45) is 2.46. The third-order valence-electron chi connectivity index (χ3n) is 4.46. The first-order chi connectivity index (χ1) is 10.1. The summed E-state index contributed by atoms with van der Waals surface area (Å²) >= 11 is 0. The normalized spacial score (nSPS) is 26.6. The molecule has 0 aromatic heterocycles. The van der Waals surface area contributed by atoms with Gasteiger partial charge in [0, 0.05) is 25.2 Å². The topological polar surface area (TPSA) is 66.6 Å².